The molecule has 3 nitrogen and oxygen atoms in total. The van der Waals surface area contributed by atoms with Crippen molar-refractivity contribution in [1.82, 2.24) is 9.97 Å². The van der Waals surface area contributed by atoms with Gasteiger partial charge in [-0.15, -0.1) is 0 Å². The van der Waals surface area contributed by atoms with E-state index in [1.54, 1.807) is 12.4 Å². The van der Waals surface area contributed by atoms with Gasteiger partial charge in [-0.2, -0.15) is 0 Å². The van der Waals surface area contributed by atoms with Gasteiger partial charge in [0.05, 0.1) is 24.2 Å². The van der Waals surface area contributed by atoms with E-state index in [1.165, 1.54) is 0 Å². The number of ether oxygens (including phenoxy) is 1. The Kier molecular flexibility index (Phi) is 2.93. The first-order chi connectivity index (χ1) is 7.40. The van der Waals surface area contributed by atoms with Crippen LogP contribution in [0.1, 0.15) is 6.92 Å². The van der Waals surface area contributed by atoms with E-state index in [1.807, 2.05) is 37.3 Å². The highest BCUT2D eigenvalue weighted by Gasteiger charge is 1.99. The monoisotopic (exact) mass is 200 g/mol. The largest absolute Gasteiger partial charge is 0.492 e. The first-order valence-electron chi connectivity index (χ1n) is 4.90. The van der Waals surface area contributed by atoms with Crippen molar-refractivity contribution in [1.29, 1.82) is 0 Å². The van der Waals surface area contributed by atoms with Gasteiger partial charge < -0.3 is 4.74 Å². The van der Waals surface area contributed by atoms with Crippen molar-refractivity contribution in [2.45, 2.75) is 6.92 Å². The maximum atomic E-state index is 5.31. The number of rotatable bonds is 3. The van der Waals surface area contributed by atoms with Gasteiger partial charge in [-0.3, -0.25) is 9.97 Å². The smallest absolute Gasteiger partial charge is 0.137 e. The number of hydrogen-bond donors (Lipinski definition) is 0. The topological polar surface area (TPSA) is 35.0 Å². The van der Waals surface area contributed by atoms with Gasteiger partial charge >= 0.3 is 0 Å². The molecule has 0 bridgehead atoms. The molecule has 0 aromatic carbocycles. The van der Waals surface area contributed by atoms with Gasteiger partial charge in [-0.25, -0.2) is 0 Å². The summed E-state index contributed by atoms with van der Waals surface area (Å²) in [4.78, 5) is 8.50. The van der Waals surface area contributed by atoms with Crippen LogP contribution in [0.3, 0.4) is 0 Å². The first kappa shape index (κ1) is 9.65. The van der Waals surface area contributed by atoms with Crippen LogP contribution in [0.2, 0.25) is 0 Å². The molecule has 0 saturated heterocycles. The molecule has 2 heterocycles. The highest BCUT2D eigenvalue weighted by atomic mass is 16.5. The molecule has 0 aliphatic rings. The van der Waals surface area contributed by atoms with Crippen molar-refractivity contribution >= 4 is 0 Å². The summed E-state index contributed by atoms with van der Waals surface area (Å²) in [6, 6.07) is 9.58. The Balaban J connectivity index is 2.24. The summed E-state index contributed by atoms with van der Waals surface area (Å²) in [5, 5.41) is 0. The molecule has 0 unspecified atom stereocenters. The van der Waals surface area contributed by atoms with Gasteiger partial charge in [0.25, 0.3) is 0 Å². The van der Waals surface area contributed by atoms with Crippen LogP contribution in [0, 0.1) is 0 Å². The van der Waals surface area contributed by atoms with E-state index in [9.17, 15) is 0 Å². The molecule has 0 fully saturated rings. The molecule has 0 N–H and O–H groups in total. The zero-order valence-electron chi connectivity index (χ0n) is 8.55. The predicted octanol–water partition coefficient (Wildman–Crippen LogP) is 2.54. The summed E-state index contributed by atoms with van der Waals surface area (Å²) < 4.78 is 5.31. The van der Waals surface area contributed by atoms with E-state index in [0.717, 1.165) is 17.1 Å². The molecule has 0 spiro atoms. The molecule has 76 valence electrons. The predicted molar refractivity (Wildman–Crippen MR) is 58.6 cm³/mol. The molecule has 2 rings (SSSR count). The Morgan fingerprint density at radius 2 is 1.93 bits per heavy atom. The van der Waals surface area contributed by atoms with Crippen molar-refractivity contribution in [2.75, 3.05) is 6.61 Å². The highest BCUT2D eigenvalue weighted by Crippen LogP contribution is 2.16. The Bertz CT molecular complexity index is 411. The van der Waals surface area contributed by atoms with E-state index in [0.29, 0.717) is 6.61 Å². The lowest BCUT2D eigenvalue weighted by Gasteiger charge is -2.03. The number of hydrogen-bond acceptors (Lipinski definition) is 3. The third-order valence-corrected chi connectivity index (χ3v) is 1.97. The van der Waals surface area contributed by atoms with E-state index in [2.05, 4.69) is 9.97 Å². The summed E-state index contributed by atoms with van der Waals surface area (Å²) in [6.45, 7) is 2.61. The molecule has 0 atom stereocenters. The lowest BCUT2D eigenvalue weighted by atomic mass is 10.2. The molecule has 0 radical (unpaired) electrons. The van der Waals surface area contributed by atoms with Gasteiger partial charge in [0.2, 0.25) is 0 Å². The third kappa shape index (κ3) is 2.31. The number of nitrogens with zero attached hydrogens (tertiary/aromatic N) is 2. The maximum absolute atomic E-state index is 5.31. The Morgan fingerprint density at radius 3 is 2.53 bits per heavy atom. The van der Waals surface area contributed by atoms with Crippen LogP contribution >= 0.6 is 0 Å². The zero-order chi connectivity index (χ0) is 10.5. The van der Waals surface area contributed by atoms with E-state index in [4.69, 9.17) is 4.74 Å². The standard InChI is InChI=1S/C12H12N2O/c1-2-15-10-6-7-12(14-9-10)11-5-3-4-8-13-11/h3-9H,2H2,1H3. The molecule has 0 amide bonds. The van der Waals surface area contributed by atoms with Crippen LogP contribution in [-0.4, -0.2) is 16.6 Å². The number of aromatic nitrogens is 2. The highest BCUT2D eigenvalue weighted by molar-refractivity contribution is 5.53. The molecule has 15 heavy (non-hydrogen) atoms. The quantitative estimate of drug-likeness (QED) is 0.763. The second kappa shape index (κ2) is 4.55. The molecule has 0 aliphatic heterocycles. The average molecular weight is 200 g/mol. The van der Waals surface area contributed by atoms with Crippen LogP contribution in [0.15, 0.2) is 42.7 Å². The summed E-state index contributed by atoms with van der Waals surface area (Å²) in [7, 11) is 0. The fraction of sp³-hybridized carbons (Fsp3) is 0.167. The Labute approximate surface area is 88.8 Å². The van der Waals surface area contributed by atoms with Crippen molar-refractivity contribution in [3.05, 3.63) is 42.7 Å². The lowest BCUT2D eigenvalue weighted by molar-refractivity contribution is 0.339. The van der Waals surface area contributed by atoms with Crippen molar-refractivity contribution in [2.24, 2.45) is 0 Å². The van der Waals surface area contributed by atoms with Gasteiger partial charge in [0.1, 0.15) is 5.75 Å². The summed E-state index contributed by atoms with van der Waals surface area (Å²) in [6.07, 6.45) is 3.47. The third-order valence-electron chi connectivity index (χ3n) is 1.97. The molecular formula is C12H12N2O. The van der Waals surface area contributed by atoms with Crippen LogP contribution < -0.4 is 4.74 Å². The van der Waals surface area contributed by atoms with Crippen molar-refractivity contribution in [3.63, 3.8) is 0 Å². The minimum atomic E-state index is 0.657. The van der Waals surface area contributed by atoms with Crippen LogP contribution in [0.25, 0.3) is 11.4 Å². The maximum Gasteiger partial charge on any atom is 0.137 e. The van der Waals surface area contributed by atoms with Gasteiger partial charge in [-0.05, 0) is 31.2 Å². The van der Waals surface area contributed by atoms with E-state index < -0.39 is 0 Å². The molecular weight excluding hydrogens is 188 g/mol. The van der Waals surface area contributed by atoms with E-state index in [-0.39, 0.29) is 0 Å². The Hall–Kier alpha value is -1.90. The van der Waals surface area contributed by atoms with Crippen LogP contribution in [0.4, 0.5) is 0 Å². The second-order valence-electron chi connectivity index (χ2n) is 3.03. The normalized spacial score (nSPS) is 9.93. The number of pyridine rings is 2. The van der Waals surface area contributed by atoms with Crippen LogP contribution in [0.5, 0.6) is 5.75 Å². The van der Waals surface area contributed by atoms with Gasteiger partial charge in [0, 0.05) is 6.20 Å². The molecule has 2 aromatic heterocycles. The summed E-state index contributed by atoms with van der Waals surface area (Å²) in [5.74, 6) is 0.789. The fourth-order valence-electron chi connectivity index (χ4n) is 1.30. The zero-order valence-corrected chi connectivity index (χ0v) is 8.55. The molecule has 2 aromatic rings. The lowest BCUT2D eigenvalue weighted by Crippen LogP contribution is -1.92. The summed E-state index contributed by atoms with van der Waals surface area (Å²) in [5.41, 5.74) is 1.74. The SMILES string of the molecule is CCOc1ccc(-c2ccccn2)nc1. The minimum absolute atomic E-state index is 0.657. The van der Waals surface area contributed by atoms with Crippen LogP contribution in [-0.2, 0) is 0 Å². The second-order valence-corrected chi connectivity index (χ2v) is 3.03. The van der Waals surface area contributed by atoms with Gasteiger partial charge in [-0.1, -0.05) is 6.07 Å². The molecule has 0 aliphatic carbocycles. The first-order valence-corrected chi connectivity index (χ1v) is 4.90. The minimum Gasteiger partial charge on any atom is -0.492 e. The average Bonchev–Trinajstić information content (AvgIpc) is 2.32. The summed E-state index contributed by atoms with van der Waals surface area (Å²) >= 11 is 0. The Morgan fingerprint density at radius 1 is 1.07 bits per heavy atom. The van der Waals surface area contributed by atoms with Crippen molar-refractivity contribution in [3.8, 4) is 17.1 Å². The molecule has 0 saturated carbocycles. The van der Waals surface area contributed by atoms with E-state index >= 15 is 0 Å². The fourth-order valence-corrected chi connectivity index (χ4v) is 1.30. The molecule has 3 heteroatoms. The van der Waals surface area contributed by atoms with Gasteiger partial charge in [0.15, 0.2) is 0 Å². The van der Waals surface area contributed by atoms with Crippen molar-refractivity contribution < 1.29 is 4.74 Å².